The van der Waals surface area contributed by atoms with Crippen LogP contribution < -0.4 is 21.3 Å². The molecule has 0 bridgehead atoms. The monoisotopic (exact) mass is 435 g/mol. The van der Waals surface area contributed by atoms with Crippen LogP contribution >= 0.6 is 11.3 Å². The smallest absolute Gasteiger partial charge is 0.336 e. The molecule has 0 aliphatic carbocycles. The third-order valence-electron chi connectivity index (χ3n) is 4.98. The number of aromatic nitrogens is 2. The Kier molecular flexibility index (Phi) is 5.73. The molecule has 0 unspecified atom stereocenters. The van der Waals surface area contributed by atoms with Gasteiger partial charge >= 0.3 is 5.69 Å². The molecular formula is C23H21N3O4S. The number of carbonyl (C=O) groups excluding carboxylic acids is 1. The number of thiophene rings is 1. The van der Waals surface area contributed by atoms with Crippen LogP contribution in [-0.2, 0) is 17.9 Å². The molecule has 31 heavy (non-hydrogen) atoms. The van der Waals surface area contributed by atoms with Gasteiger partial charge in [0.15, 0.2) is 0 Å². The van der Waals surface area contributed by atoms with Crippen molar-refractivity contribution in [1.82, 2.24) is 14.5 Å². The summed E-state index contributed by atoms with van der Waals surface area (Å²) in [6.45, 7) is 2.16. The van der Waals surface area contributed by atoms with Crippen LogP contribution in [0.3, 0.4) is 0 Å². The molecule has 0 fully saturated rings. The first kappa shape index (κ1) is 20.6. The Hall–Kier alpha value is -3.65. The van der Waals surface area contributed by atoms with Crippen molar-refractivity contribution in [2.24, 2.45) is 0 Å². The second-order valence-electron chi connectivity index (χ2n) is 7.11. The zero-order valence-electron chi connectivity index (χ0n) is 17.1. The first-order valence-electron chi connectivity index (χ1n) is 9.67. The quantitative estimate of drug-likeness (QED) is 0.505. The van der Waals surface area contributed by atoms with Gasteiger partial charge in [0.1, 0.15) is 17.0 Å². The van der Waals surface area contributed by atoms with Crippen LogP contribution in [0.2, 0.25) is 0 Å². The second kappa shape index (κ2) is 8.61. The van der Waals surface area contributed by atoms with Crippen LogP contribution in [-0.4, -0.2) is 22.2 Å². The Morgan fingerprint density at radius 2 is 1.87 bits per heavy atom. The molecule has 2 aromatic heterocycles. The molecule has 1 N–H and O–H groups in total. The largest absolute Gasteiger partial charge is 0.497 e. The van der Waals surface area contributed by atoms with E-state index in [1.165, 1.54) is 23.0 Å². The average molecular weight is 436 g/mol. The van der Waals surface area contributed by atoms with E-state index in [0.29, 0.717) is 28.2 Å². The Morgan fingerprint density at radius 3 is 2.61 bits per heavy atom. The minimum absolute atomic E-state index is 0.192. The van der Waals surface area contributed by atoms with E-state index in [9.17, 15) is 14.4 Å². The maximum atomic E-state index is 13.3. The molecule has 8 heteroatoms. The number of carbonyl (C=O) groups is 1. The molecule has 4 rings (SSSR count). The number of rotatable bonds is 6. The number of nitrogens with zero attached hydrogens (tertiary/aromatic N) is 2. The molecule has 0 aliphatic rings. The number of benzene rings is 2. The van der Waals surface area contributed by atoms with E-state index in [-0.39, 0.29) is 12.5 Å². The highest BCUT2D eigenvalue weighted by Crippen LogP contribution is 2.18. The van der Waals surface area contributed by atoms with E-state index in [1.807, 2.05) is 31.2 Å². The number of fused-ring (bicyclic) bond motifs is 1. The lowest BCUT2D eigenvalue weighted by atomic mass is 10.1. The minimum Gasteiger partial charge on any atom is -0.497 e. The first-order valence-corrected chi connectivity index (χ1v) is 10.6. The summed E-state index contributed by atoms with van der Waals surface area (Å²) in [6, 6.07) is 16.2. The number of aryl methyl sites for hydroxylation is 1. The van der Waals surface area contributed by atoms with E-state index in [2.05, 4.69) is 5.32 Å². The zero-order valence-corrected chi connectivity index (χ0v) is 17.9. The molecule has 0 aliphatic heterocycles. The van der Waals surface area contributed by atoms with Crippen LogP contribution in [0.15, 0.2) is 69.6 Å². The summed E-state index contributed by atoms with van der Waals surface area (Å²) in [5.74, 6) is 0.212. The number of nitrogens with one attached hydrogen (secondary N) is 1. The Labute approximate surface area is 182 Å². The maximum absolute atomic E-state index is 13.3. The lowest BCUT2D eigenvalue weighted by molar-refractivity contribution is -0.121. The van der Waals surface area contributed by atoms with Gasteiger partial charge in [-0.25, -0.2) is 9.36 Å². The first-order chi connectivity index (χ1) is 15.0. The topological polar surface area (TPSA) is 82.3 Å². The predicted molar refractivity (Wildman–Crippen MR) is 121 cm³/mol. The summed E-state index contributed by atoms with van der Waals surface area (Å²) in [6.07, 6.45) is 0. The van der Waals surface area contributed by atoms with Gasteiger partial charge in [0.2, 0.25) is 5.91 Å². The molecule has 7 nitrogen and oxygen atoms in total. The Balaban J connectivity index is 1.69. The van der Waals surface area contributed by atoms with Crippen molar-refractivity contribution < 1.29 is 9.53 Å². The van der Waals surface area contributed by atoms with Crippen molar-refractivity contribution in [3.8, 4) is 11.4 Å². The van der Waals surface area contributed by atoms with E-state index in [4.69, 9.17) is 4.74 Å². The summed E-state index contributed by atoms with van der Waals surface area (Å²) in [5, 5.41) is 4.58. The van der Waals surface area contributed by atoms with E-state index in [0.717, 1.165) is 15.7 Å². The van der Waals surface area contributed by atoms with Crippen molar-refractivity contribution in [3.63, 3.8) is 0 Å². The van der Waals surface area contributed by atoms with Crippen molar-refractivity contribution >= 4 is 27.5 Å². The minimum atomic E-state index is -0.574. The predicted octanol–water partition coefficient (Wildman–Crippen LogP) is 2.85. The summed E-state index contributed by atoms with van der Waals surface area (Å²) < 4.78 is 8.04. The molecule has 4 aromatic rings. The van der Waals surface area contributed by atoms with Gasteiger partial charge in [-0.05, 0) is 36.1 Å². The van der Waals surface area contributed by atoms with Crippen LogP contribution in [0.5, 0.6) is 5.75 Å². The van der Waals surface area contributed by atoms with Crippen molar-refractivity contribution in [3.05, 3.63) is 91.9 Å². The van der Waals surface area contributed by atoms with Gasteiger partial charge in [-0.15, -0.1) is 11.3 Å². The summed E-state index contributed by atoms with van der Waals surface area (Å²) in [4.78, 5) is 38.9. The van der Waals surface area contributed by atoms with Gasteiger partial charge in [-0.2, -0.15) is 0 Å². The van der Waals surface area contributed by atoms with Gasteiger partial charge in [0, 0.05) is 12.6 Å². The molecule has 0 spiro atoms. The van der Waals surface area contributed by atoms with Crippen molar-refractivity contribution in [1.29, 1.82) is 0 Å². The lowest BCUT2D eigenvalue weighted by Crippen LogP contribution is -2.41. The van der Waals surface area contributed by atoms with Gasteiger partial charge < -0.3 is 10.1 Å². The average Bonchev–Trinajstić information content (AvgIpc) is 3.27. The SMILES string of the molecule is COc1cccc(-n2c(=O)c3sccc3n(CC(=O)NCc3ccc(C)cc3)c2=O)c1. The molecule has 158 valence electrons. The third-order valence-corrected chi connectivity index (χ3v) is 5.87. The fraction of sp³-hybridized carbons (Fsp3) is 0.174. The number of hydrogen-bond donors (Lipinski definition) is 1. The normalized spacial score (nSPS) is 10.9. The molecular weight excluding hydrogens is 414 g/mol. The zero-order chi connectivity index (χ0) is 22.0. The fourth-order valence-electron chi connectivity index (χ4n) is 3.32. The highest BCUT2D eigenvalue weighted by atomic mass is 32.1. The van der Waals surface area contributed by atoms with Crippen LogP contribution in [0.25, 0.3) is 15.9 Å². The van der Waals surface area contributed by atoms with Crippen molar-refractivity contribution in [2.75, 3.05) is 7.11 Å². The summed E-state index contributed by atoms with van der Waals surface area (Å²) >= 11 is 1.24. The van der Waals surface area contributed by atoms with E-state index >= 15 is 0 Å². The van der Waals surface area contributed by atoms with E-state index in [1.54, 1.807) is 35.7 Å². The maximum Gasteiger partial charge on any atom is 0.336 e. The molecule has 2 aromatic carbocycles. The Morgan fingerprint density at radius 1 is 1.10 bits per heavy atom. The highest BCUT2D eigenvalue weighted by molar-refractivity contribution is 7.17. The standard InChI is InChI=1S/C23H21N3O4S/c1-15-6-8-16(9-7-15)13-24-20(27)14-25-19-10-11-31-21(19)22(28)26(23(25)29)17-4-3-5-18(12-17)30-2/h3-12H,13-14H2,1-2H3,(H,24,27). The number of hydrogen-bond acceptors (Lipinski definition) is 5. The third kappa shape index (κ3) is 4.15. The molecule has 0 radical (unpaired) electrons. The van der Waals surface area contributed by atoms with Crippen LogP contribution in [0.4, 0.5) is 0 Å². The van der Waals surface area contributed by atoms with Gasteiger partial charge in [0.25, 0.3) is 5.56 Å². The second-order valence-corrected chi connectivity index (χ2v) is 8.02. The summed E-state index contributed by atoms with van der Waals surface area (Å²) in [7, 11) is 1.51. The number of amides is 1. The van der Waals surface area contributed by atoms with Crippen LogP contribution in [0, 0.1) is 6.92 Å². The molecule has 0 atom stereocenters. The molecule has 0 saturated carbocycles. The Bertz CT molecular complexity index is 1370. The summed E-state index contributed by atoms with van der Waals surface area (Å²) in [5.41, 5.74) is 1.95. The number of methoxy groups -OCH3 is 1. The molecule has 1 amide bonds. The highest BCUT2D eigenvalue weighted by Gasteiger charge is 2.17. The van der Waals surface area contributed by atoms with Crippen LogP contribution in [0.1, 0.15) is 11.1 Å². The molecule has 2 heterocycles. The van der Waals surface area contributed by atoms with E-state index < -0.39 is 11.2 Å². The number of ether oxygens (including phenoxy) is 1. The fourth-order valence-corrected chi connectivity index (χ4v) is 4.15. The van der Waals surface area contributed by atoms with Gasteiger partial charge in [0.05, 0.1) is 18.3 Å². The van der Waals surface area contributed by atoms with Crippen molar-refractivity contribution in [2.45, 2.75) is 20.0 Å². The van der Waals surface area contributed by atoms with Gasteiger partial charge in [-0.1, -0.05) is 35.9 Å². The molecule has 0 saturated heterocycles. The lowest BCUT2D eigenvalue weighted by Gasteiger charge is -2.13. The van der Waals surface area contributed by atoms with Gasteiger partial charge in [-0.3, -0.25) is 14.2 Å².